The van der Waals surface area contributed by atoms with E-state index in [-0.39, 0.29) is 16.8 Å². The number of anilines is 2. The van der Waals surface area contributed by atoms with Gasteiger partial charge in [-0.05, 0) is 30.3 Å². The largest absolute Gasteiger partial charge is 0.360 e. The van der Waals surface area contributed by atoms with Crippen molar-refractivity contribution in [3.05, 3.63) is 95.7 Å². The number of alkyl halides is 2. The number of carbonyl (C=O) groups excluding carboxylic acids is 1. The zero-order valence-corrected chi connectivity index (χ0v) is 17.7. The van der Waals surface area contributed by atoms with Crippen molar-refractivity contribution >= 4 is 38.2 Å². The smallest absolute Gasteiger partial charge is 0.298 e. The fraction of sp³-hybridized carbons (Fsp3) is 0.0870. The van der Waals surface area contributed by atoms with Gasteiger partial charge in [0.15, 0.2) is 0 Å². The average Bonchev–Trinajstić information content (AvgIpc) is 3.17. The van der Waals surface area contributed by atoms with Crippen LogP contribution in [0.4, 0.5) is 20.2 Å². The molecule has 1 heterocycles. The normalized spacial score (nSPS) is 12.0. The predicted octanol–water partition coefficient (Wildman–Crippen LogP) is 4.93. The molecule has 4 aromatic rings. The van der Waals surface area contributed by atoms with Gasteiger partial charge in [0.2, 0.25) is 10.0 Å². The molecule has 6 nitrogen and oxygen atoms in total. The summed E-state index contributed by atoms with van der Waals surface area (Å²) < 4.78 is 54.9. The topological polar surface area (TPSA) is 91.1 Å². The highest BCUT2D eigenvalue weighted by Crippen LogP contribution is 2.36. The molecule has 0 saturated heterocycles. The molecular weight excluding hydrogens is 436 g/mol. The highest BCUT2D eigenvalue weighted by molar-refractivity contribution is 7.92. The molecule has 164 valence electrons. The summed E-state index contributed by atoms with van der Waals surface area (Å²) in [7, 11) is -3.44. The van der Waals surface area contributed by atoms with E-state index in [0.29, 0.717) is 22.2 Å². The Bertz CT molecular complexity index is 1400. The second-order valence-corrected chi connectivity index (χ2v) is 9.06. The number of aromatic nitrogens is 1. The number of benzene rings is 3. The van der Waals surface area contributed by atoms with Crippen LogP contribution in [-0.2, 0) is 15.9 Å². The minimum Gasteiger partial charge on any atom is -0.360 e. The van der Waals surface area contributed by atoms with Crippen LogP contribution in [0, 0.1) is 0 Å². The van der Waals surface area contributed by atoms with Gasteiger partial charge in [-0.1, -0.05) is 42.5 Å². The number of hydrogen-bond acceptors (Lipinski definition) is 3. The standard InChI is InChI=1S/C23H19F2N3O3S/c1-32(30,31)28-18-10-11-19-20(14-26-21(19)13-18)22(29)27-17-9-5-8-16(12-17)23(24,25)15-6-3-2-4-7-15/h2-14,26,28H,1H3,(H,27,29). The maximum absolute atomic E-state index is 14.9. The van der Waals surface area contributed by atoms with Gasteiger partial charge in [-0.15, -0.1) is 0 Å². The van der Waals surface area contributed by atoms with Gasteiger partial charge >= 0.3 is 0 Å². The molecule has 9 heteroatoms. The lowest BCUT2D eigenvalue weighted by molar-refractivity contribution is 0.0429. The average molecular weight is 455 g/mol. The molecule has 1 aromatic heterocycles. The zero-order valence-electron chi connectivity index (χ0n) is 16.9. The van der Waals surface area contributed by atoms with E-state index in [9.17, 15) is 22.0 Å². The van der Waals surface area contributed by atoms with Crippen LogP contribution in [0.5, 0.6) is 0 Å². The van der Waals surface area contributed by atoms with Gasteiger partial charge in [0.05, 0.1) is 17.5 Å². The van der Waals surface area contributed by atoms with Crippen molar-refractivity contribution in [3.8, 4) is 0 Å². The Kier molecular flexibility index (Phi) is 5.43. The Labute approximate surface area is 183 Å². The molecule has 32 heavy (non-hydrogen) atoms. The first-order valence-electron chi connectivity index (χ1n) is 9.58. The van der Waals surface area contributed by atoms with Crippen molar-refractivity contribution in [2.24, 2.45) is 0 Å². The molecular formula is C23H19F2N3O3S. The number of sulfonamides is 1. The first kappa shape index (κ1) is 21.5. The lowest BCUT2D eigenvalue weighted by Crippen LogP contribution is -2.16. The fourth-order valence-corrected chi connectivity index (χ4v) is 3.95. The molecule has 3 aromatic carbocycles. The van der Waals surface area contributed by atoms with Crippen LogP contribution < -0.4 is 10.0 Å². The van der Waals surface area contributed by atoms with E-state index in [4.69, 9.17) is 0 Å². The van der Waals surface area contributed by atoms with Crippen molar-refractivity contribution in [2.45, 2.75) is 5.92 Å². The van der Waals surface area contributed by atoms with Crippen molar-refractivity contribution in [1.82, 2.24) is 4.98 Å². The Morgan fingerprint density at radius 1 is 0.906 bits per heavy atom. The van der Waals surface area contributed by atoms with Crippen LogP contribution in [-0.4, -0.2) is 25.6 Å². The van der Waals surface area contributed by atoms with Crippen LogP contribution >= 0.6 is 0 Å². The van der Waals surface area contributed by atoms with Gasteiger partial charge < -0.3 is 10.3 Å². The molecule has 0 saturated carbocycles. The third-order valence-electron chi connectivity index (χ3n) is 4.85. The van der Waals surface area contributed by atoms with Crippen molar-refractivity contribution in [3.63, 3.8) is 0 Å². The van der Waals surface area contributed by atoms with Crippen LogP contribution in [0.25, 0.3) is 10.9 Å². The second-order valence-electron chi connectivity index (χ2n) is 7.31. The van der Waals surface area contributed by atoms with Gasteiger partial charge in [-0.3, -0.25) is 9.52 Å². The minimum atomic E-state index is -3.44. The van der Waals surface area contributed by atoms with Crippen molar-refractivity contribution in [2.75, 3.05) is 16.3 Å². The lowest BCUT2D eigenvalue weighted by Gasteiger charge is -2.18. The Morgan fingerprint density at radius 2 is 1.62 bits per heavy atom. The Hall–Kier alpha value is -3.72. The molecule has 0 aliphatic heterocycles. The van der Waals surface area contributed by atoms with Crippen molar-refractivity contribution in [1.29, 1.82) is 0 Å². The van der Waals surface area contributed by atoms with E-state index >= 15 is 0 Å². The van der Waals surface area contributed by atoms with Crippen LogP contribution in [0.3, 0.4) is 0 Å². The van der Waals surface area contributed by atoms with Gasteiger partial charge in [-0.2, -0.15) is 8.78 Å². The molecule has 0 aliphatic rings. The zero-order chi connectivity index (χ0) is 22.9. The van der Waals surface area contributed by atoms with Gasteiger partial charge in [0.25, 0.3) is 11.8 Å². The number of carbonyl (C=O) groups is 1. The fourth-order valence-electron chi connectivity index (χ4n) is 3.40. The molecule has 0 radical (unpaired) electrons. The van der Waals surface area contributed by atoms with Crippen LogP contribution in [0.1, 0.15) is 21.5 Å². The first-order chi connectivity index (χ1) is 15.1. The molecule has 1 amide bonds. The summed E-state index contributed by atoms with van der Waals surface area (Å²) in [6.07, 6.45) is 2.52. The number of amides is 1. The monoisotopic (exact) mass is 455 g/mol. The summed E-state index contributed by atoms with van der Waals surface area (Å²) in [5, 5.41) is 3.21. The summed E-state index contributed by atoms with van der Waals surface area (Å²) >= 11 is 0. The summed E-state index contributed by atoms with van der Waals surface area (Å²) in [5.74, 6) is -3.70. The molecule has 0 spiro atoms. The lowest BCUT2D eigenvalue weighted by atomic mass is 10.00. The summed E-state index contributed by atoms with van der Waals surface area (Å²) in [6.45, 7) is 0. The predicted molar refractivity (Wildman–Crippen MR) is 121 cm³/mol. The van der Waals surface area contributed by atoms with Crippen LogP contribution in [0.15, 0.2) is 79.0 Å². The van der Waals surface area contributed by atoms with Crippen molar-refractivity contribution < 1.29 is 22.0 Å². The van der Waals surface area contributed by atoms with E-state index in [0.717, 1.165) is 6.26 Å². The molecule has 0 bridgehead atoms. The SMILES string of the molecule is CS(=O)(=O)Nc1ccc2c(C(=O)Nc3cccc(C(F)(F)c4ccccc4)c3)c[nH]c2c1. The van der Waals surface area contributed by atoms with E-state index < -0.39 is 21.9 Å². The number of hydrogen-bond donors (Lipinski definition) is 3. The van der Waals surface area contributed by atoms with E-state index in [1.54, 1.807) is 30.3 Å². The molecule has 0 fully saturated rings. The van der Waals surface area contributed by atoms with Gasteiger partial charge in [-0.25, -0.2) is 8.42 Å². The third kappa shape index (κ3) is 4.47. The number of rotatable bonds is 6. The highest BCUT2D eigenvalue weighted by Gasteiger charge is 2.33. The molecule has 3 N–H and O–H groups in total. The Balaban J connectivity index is 1.58. The quantitative estimate of drug-likeness (QED) is 0.385. The number of fused-ring (bicyclic) bond motifs is 1. The van der Waals surface area contributed by atoms with E-state index in [1.165, 1.54) is 48.7 Å². The van der Waals surface area contributed by atoms with E-state index in [2.05, 4.69) is 15.0 Å². The molecule has 0 atom stereocenters. The summed E-state index contributed by atoms with van der Waals surface area (Å²) in [5.41, 5.74) is 1.05. The summed E-state index contributed by atoms with van der Waals surface area (Å²) in [6, 6.07) is 17.7. The van der Waals surface area contributed by atoms with Crippen LogP contribution in [0.2, 0.25) is 0 Å². The number of nitrogens with one attached hydrogen (secondary N) is 3. The van der Waals surface area contributed by atoms with Gasteiger partial charge in [0.1, 0.15) is 0 Å². The number of halogens is 2. The number of H-pyrrole nitrogens is 1. The summed E-state index contributed by atoms with van der Waals surface area (Å²) in [4.78, 5) is 15.7. The maximum Gasteiger partial charge on any atom is 0.298 e. The first-order valence-corrected chi connectivity index (χ1v) is 11.5. The van der Waals surface area contributed by atoms with Gasteiger partial charge in [0, 0.05) is 33.9 Å². The number of aromatic amines is 1. The Morgan fingerprint density at radius 3 is 2.34 bits per heavy atom. The highest BCUT2D eigenvalue weighted by atomic mass is 32.2. The minimum absolute atomic E-state index is 0.140. The second kappa shape index (κ2) is 8.08. The third-order valence-corrected chi connectivity index (χ3v) is 5.46. The molecule has 0 unspecified atom stereocenters. The van der Waals surface area contributed by atoms with E-state index in [1.807, 2.05) is 0 Å². The molecule has 0 aliphatic carbocycles. The maximum atomic E-state index is 14.9. The molecule has 4 rings (SSSR count).